The molecule has 0 aliphatic carbocycles. The molecule has 0 N–H and O–H groups in total. The van der Waals surface area contributed by atoms with Gasteiger partial charge >= 0.3 is 0 Å². The summed E-state index contributed by atoms with van der Waals surface area (Å²) in [5, 5.41) is 0. The molecule has 0 unspecified atom stereocenters. The Balaban J connectivity index is 2.18. The number of nitrogens with zero attached hydrogens (tertiary/aromatic N) is 1. The van der Waals surface area contributed by atoms with Crippen molar-refractivity contribution in [3.05, 3.63) is 28.8 Å². The maximum Gasteiger partial charge on any atom is 0.122 e. The average Bonchev–Trinajstić information content (AvgIpc) is 2.78. The van der Waals surface area contributed by atoms with E-state index in [1.807, 2.05) is 0 Å². The van der Waals surface area contributed by atoms with Crippen LogP contribution >= 0.6 is 0 Å². The maximum atomic E-state index is 5.34. The Morgan fingerprint density at radius 3 is 2.44 bits per heavy atom. The number of likely N-dealkylation sites (tertiary alicyclic amines) is 1. The Morgan fingerprint density at radius 2 is 1.81 bits per heavy atom. The molecule has 1 fully saturated rings. The summed E-state index contributed by atoms with van der Waals surface area (Å²) in [7, 11) is 1.74. The van der Waals surface area contributed by atoms with E-state index in [0.29, 0.717) is 0 Å². The number of methoxy groups -OCH3 is 1. The van der Waals surface area contributed by atoms with Crippen LogP contribution in [0.2, 0.25) is 0 Å². The van der Waals surface area contributed by atoms with Gasteiger partial charge in [0.25, 0.3) is 0 Å². The second-order valence-electron chi connectivity index (χ2n) is 4.66. The van der Waals surface area contributed by atoms with E-state index in [0.717, 1.165) is 12.3 Å². The van der Waals surface area contributed by atoms with Crippen molar-refractivity contribution in [1.82, 2.24) is 4.90 Å². The van der Waals surface area contributed by atoms with E-state index in [1.165, 1.54) is 42.6 Å². The number of benzene rings is 1. The highest BCUT2D eigenvalue weighted by Gasteiger charge is 2.14. The minimum absolute atomic E-state index is 1.00. The molecule has 1 aromatic carbocycles. The van der Waals surface area contributed by atoms with Gasteiger partial charge in [-0.1, -0.05) is 6.07 Å². The van der Waals surface area contributed by atoms with Crippen molar-refractivity contribution in [2.24, 2.45) is 0 Å². The van der Waals surface area contributed by atoms with Gasteiger partial charge in [-0.15, -0.1) is 0 Å². The summed E-state index contributed by atoms with van der Waals surface area (Å²) in [4.78, 5) is 2.54. The Bertz CT molecular complexity index is 367. The Kier molecular flexibility index (Phi) is 3.49. The van der Waals surface area contributed by atoms with Gasteiger partial charge in [0.05, 0.1) is 7.11 Å². The summed E-state index contributed by atoms with van der Waals surface area (Å²) in [5.41, 5.74) is 4.10. The molecule has 0 saturated carbocycles. The normalized spacial score (nSPS) is 16.7. The molecule has 1 heterocycles. The number of ether oxygens (including phenoxy) is 1. The molecule has 1 saturated heterocycles. The average molecular weight is 219 g/mol. The third kappa shape index (κ3) is 2.22. The van der Waals surface area contributed by atoms with Crippen LogP contribution in [0.25, 0.3) is 0 Å². The molecule has 2 rings (SSSR count). The van der Waals surface area contributed by atoms with Crippen molar-refractivity contribution in [3.8, 4) is 5.75 Å². The monoisotopic (exact) mass is 219 g/mol. The van der Waals surface area contributed by atoms with Gasteiger partial charge in [-0.05, 0) is 62.5 Å². The topological polar surface area (TPSA) is 12.5 Å². The van der Waals surface area contributed by atoms with Gasteiger partial charge < -0.3 is 4.74 Å². The molecule has 1 aromatic rings. The van der Waals surface area contributed by atoms with Crippen LogP contribution in [0.4, 0.5) is 0 Å². The SMILES string of the molecule is COc1ccc(CN2CCCC2)c(C)c1C. The zero-order valence-corrected chi connectivity index (χ0v) is 10.5. The fourth-order valence-corrected chi connectivity index (χ4v) is 2.43. The fourth-order valence-electron chi connectivity index (χ4n) is 2.43. The summed E-state index contributed by atoms with van der Waals surface area (Å²) < 4.78 is 5.34. The summed E-state index contributed by atoms with van der Waals surface area (Å²) >= 11 is 0. The molecule has 1 aliphatic rings. The van der Waals surface area contributed by atoms with E-state index < -0.39 is 0 Å². The van der Waals surface area contributed by atoms with Gasteiger partial charge in [-0.3, -0.25) is 4.90 Å². The summed E-state index contributed by atoms with van der Waals surface area (Å²) in [5.74, 6) is 1.00. The molecule has 2 heteroatoms. The first-order valence-electron chi connectivity index (χ1n) is 6.08. The zero-order valence-electron chi connectivity index (χ0n) is 10.5. The largest absolute Gasteiger partial charge is 0.496 e. The van der Waals surface area contributed by atoms with Gasteiger partial charge in [-0.2, -0.15) is 0 Å². The lowest BCUT2D eigenvalue weighted by atomic mass is 10.0. The number of hydrogen-bond acceptors (Lipinski definition) is 2. The molecule has 16 heavy (non-hydrogen) atoms. The summed E-state index contributed by atoms with van der Waals surface area (Å²) in [6, 6.07) is 4.30. The molecule has 2 nitrogen and oxygen atoms in total. The lowest BCUT2D eigenvalue weighted by Gasteiger charge is -2.18. The van der Waals surface area contributed by atoms with Gasteiger partial charge in [0.15, 0.2) is 0 Å². The fraction of sp³-hybridized carbons (Fsp3) is 0.571. The highest BCUT2D eigenvalue weighted by atomic mass is 16.5. The Hall–Kier alpha value is -1.02. The second kappa shape index (κ2) is 4.88. The standard InChI is InChI=1S/C14H21NO/c1-11-12(2)14(16-3)7-6-13(11)10-15-8-4-5-9-15/h6-7H,4-5,8-10H2,1-3H3. The Labute approximate surface area is 98.2 Å². The number of hydrogen-bond donors (Lipinski definition) is 0. The van der Waals surface area contributed by atoms with Gasteiger partial charge in [0.1, 0.15) is 5.75 Å². The van der Waals surface area contributed by atoms with Crippen molar-refractivity contribution in [1.29, 1.82) is 0 Å². The molecule has 0 spiro atoms. The van der Waals surface area contributed by atoms with Crippen molar-refractivity contribution in [2.45, 2.75) is 33.2 Å². The minimum Gasteiger partial charge on any atom is -0.496 e. The van der Waals surface area contributed by atoms with E-state index >= 15 is 0 Å². The highest BCUT2D eigenvalue weighted by molar-refractivity contribution is 5.43. The highest BCUT2D eigenvalue weighted by Crippen LogP contribution is 2.25. The predicted molar refractivity (Wildman–Crippen MR) is 67.0 cm³/mol. The Morgan fingerprint density at radius 1 is 1.12 bits per heavy atom. The van der Waals surface area contributed by atoms with Crippen LogP contribution < -0.4 is 4.74 Å². The quantitative estimate of drug-likeness (QED) is 0.775. The molecule has 88 valence electrons. The van der Waals surface area contributed by atoms with E-state index in [4.69, 9.17) is 4.74 Å². The number of rotatable bonds is 3. The first-order chi connectivity index (χ1) is 7.72. The smallest absolute Gasteiger partial charge is 0.122 e. The van der Waals surface area contributed by atoms with Crippen LogP contribution in [0.1, 0.15) is 29.5 Å². The zero-order chi connectivity index (χ0) is 11.5. The predicted octanol–water partition coefficient (Wildman–Crippen LogP) is 2.91. The molecule has 0 radical (unpaired) electrons. The van der Waals surface area contributed by atoms with Crippen molar-refractivity contribution >= 4 is 0 Å². The molecule has 0 aromatic heterocycles. The van der Waals surface area contributed by atoms with Crippen LogP contribution in [-0.4, -0.2) is 25.1 Å². The van der Waals surface area contributed by atoms with E-state index in [-0.39, 0.29) is 0 Å². The van der Waals surface area contributed by atoms with Crippen molar-refractivity contribution in [2.75, 3.05) is 20.2 Å². The molecule has 1 aliphatic heterocycles. The van der Waals surface area contributed by atoms with Crippen LogP contribution in [0, 0.1) is 13.8 Å². The molecule has 0 amide bonds. The first kappa shape index (κ1) is 11.5. The molecule has 0 atom stereocenters. The summed E-state index contributed by atoms with van der Waals surface area (Å²) in [6.45, 7) is 7.94. The van der Waals surface area contributed by atoms with Crippen molar-refractivity contribution < 1.29 is 4.74 Å². The third-order valence-corrected chi connectivity index (χ3v) is 3.66. The third-order valence-electron chi connectivity index (χ3n) is 3.66. The lowest BCUT2D eigenvalue weighted by Crippen LogP contribution is -2.19. The van der Waals surface area contributed by atoms with Gasteiger partial charge in [0, 0.05) is 6.54 Å². The molecular formula is C14H21NO. The van der Waals surface area contributed by atoms with Crippen LogP contribution in [0.3, 0.4) is 0 Å². The van der Waals surface area contributed by atoms with Crippen LogP contribution in [-0.2, 0) is 6.54 Å². The lowest BCUT2D eigenvalue weighted by molar-refractivity contribution is 0.330. The van der Waals surface area contributed by atoms with Crippen LogP contribution in [0.5, 0.6) is 5.75 Å². The summed E-state index contributed by atoms with van der Waals surface area (Å²) in [6.07, 6.45) is 2.71. The van der Waals surface area contributed by atoms with Gasteiger partial charge in [-0.25, -0.2) is 0 Å². The minimum atomic E-state index is 1.00. The van der Waals surface area contributed by atoms with Gasteiger partial charge in [0.2, 0.25) is 0 Å². The molecule has 0 bridgehead atoms. The van der Waals surface area contributed by atoms with Crippen molar-refractivity contribution in [3.63, 3.8) is 0 Å². The molecular weight excluding hydrogens is 198 g/mol. The van der Waals surface area contributed by atoms with Crippen LogP contribution in [0.15, 0.2) is 12.1 Å². The first-order valence-corrected chi connectivity index (χ1v) is 6.08. The van der Waals surface area contributed by atoms with E-state index in [1.54, 1.807) is 7.11 Å². The second-order valence-corrected chi connectivity index (χ2v) is 4.66. The maximum absolute atomic E-state index is 5.34. The van der Waals surface area contributed by atoms with E-state index in [2.05, 4.69) is 30.9 Å². The van der Waals surface area contributed by atoms with E-state index in [9.17, 15) is 0 Å².